The van der Waals surface area contributed by atoms with Crippen molar-refractivity contribution in [3.8, 4) is 0 Å². The van der Waals surface area contributed by atoms with E-state index in [1.807, 2.05) is 11.9 Å². The summed E-state index contributed by atoms with van der Waals surface area (Å²) in [6, 6.07) is 15.2. The number of nitrogens with zero attached hydrogens (tertiary/aromatic N) is 4. The Kier molecular flexibility index (Phi) is 5.49. The van der Waals surface area contributed by atoms with E-state index in [-0.39, 0.29) is 11.3 Å². The van der Waals surface area contributed by atoms with Gasteiger partial charge in [-0.25, -0.2) is 0 Å². The number of aromatic nitrogens is 1. The average molecular weight is 463 g/mol. The highest BCUT2D eigenvalue weighted by Crippen LogP contribution is 2.50. The van der Waals surface area contributed by atoms with Crippen LogP contribution in [0.4, 0.5) is 11.5 Å². The third-order valence-electron chi connectivity index (χ3n) is 8.24. The van der Waals surface area contributed by atoms with E-state index < -0.39 is 5.41 Å². The van der Waals surface area contributed by atoms with Gasteiger partial charge in [0.1, 0.15) is 5.82 Å². The van der Waals surface area contributed by atoms with Crippen LogP contribution in [-0.2, 0) is 16.6 Å². The minimum atomic E-state index is -0.427. The first-order chi connectivity index (χ1) is 15.7. The highest BCUT2D eigenvalue weighted by Gasteiger charge is 2.50. The van der Waals surface area contributed by atoms with Crippen molar-refractivity contribution in [2.24, 2.45) is 5.41 Å². The molecule has 2 aliphatic rings. The molecule has 2 aliphatic heterocycles. The fourth-order valence-corrected chi connectivity index (χ4v) is 6.03. The molecule has 1 aromatic heterocycles. The molecule has 0 spiro atoms. The number of hydrogen-bond donors (Lipinski definition) is 0. The quantitative estimate of drug-likeness (QED) is 0.551. The van der Waals surface area contributed by atoms with Gasteiger partial charge in [-0.15, -0.1) is 0 Å². The lowest BCUT2D eigenvalue weighted by atomic mass is 9.60. The maximum absolute atomic E-state index is 12.9. The van der Waals surface area contributed by atoms with Crippen molar-refractivity contribution >= 4 is 39.0 Å². The lowest BCUT2D eigenvalue weighted by Crippen LogP contribution is -2.54. The normalized spacial score (nSPS) is 20.3. The monoisotopic (exact) mass is 462 g/mol. The summed E-state index contributed by atoms with van der Waals surface area (Å²) in [7, 11) is 1.91. The minimum absolute atomic E-state index is 0.193. The van der Waals surface area contributed by atoms with Gasteiger partial charge in [-0.05, 0) is 47.3 Å². The van der Waals surface area contributed by atoms with Gasteiger partial charge in [-0.1, -0.05) is 52.0 Å². The van der Waals surface area contributed by atoms with Crippen LogP contribution in [0.2, 0.25) is 0 Å². The summed E-state index contributed by atoms with van der Waals surface area (Å²) in [6.07, 6.45) is 1.03. The lowest BCUT2D eigenvalue weighted by Gasteiger charge is -2.49. The second-order valence-electron chi connectivity index (χ2n) is 10.5. The molecule has 3 aromatic rings. The van der Waals surface area contributed by atoms with Crippen molar-refractivity contribution in [2.75, 3.05) is 49.6 Å². The van der Waals surface area contributed by atoms with Gasteiger partial charge in [-0.3, -0.25) is 9.69 Å². The van der Waals surface area contributed by atoms with Crippen molar-refractivity contribution in [3.63, 3.8) is 0 Å². The van der Waals surface area contributed by atoms with Crippen LogP contribution in [0.1, 0.15) is 38.8 Å². The largest absolute Gasteiger partial charge is 0.353 e. The second kappa shape index (κ2) is 8.10. The number of amides is 1. The molecule has 0 aliphatic carbocycles. The Morgan fingerprint density at radius 3 is 2.45 bits per heavy atom. The summed E-state index contributed by atoms with van der Waals surface area (Å²) in [6.45, 7) is 13.8. The van der Waals surface area contributed by atoms with Crippen molar-refractivity contribution in [1.82, 2.24) is 9.27 Å². The van der Waals surface area contributed by atoms with Gasteiger partial charge in [0, 0.05) is 56.3 Å². The van der Waals surface area contributed by atoms with Gasteiger partial charge < -0.3 is 9.80 Å². The van der Waals surface area contributed by atoms with Gasteiger partial charge in [-0.2, -0.15) is 4.37 Å². The Morgan fingerprint density at radius 2 is 1.70 bits per heavy atom. The van der Waals surface area contributed by atoms with E-state index in [4.69, 9.17) is 4.37 Å². The van der Waals surface area contributed by atoms with Gasteiger partial charge in [0.2, 0.25) is 5.91 Å². The summed E-state index contributed by atoms with van der Waals surface area (Å²) < 4.78 is 6.00. The molecule has 1 fully saturated rings. The van der Waals surface area contributed by atoms with E-state index in [9.17, 15) is 4.79 Å². The Labute approximate surface area is 201 Å². The van der Waals surface area contributed by atoms with Crippen molar-refractivity contribution in [2.45, 2.75) is 39.5 Å². The third kappa shape index (κ3) is 3.64. The minimum Gasteiger partial charge on any atom is -0.353 e. The molecule has 1 saturated heterocycles. The summed E-state index contributed by atoms with van der Waals surface area (Å²) in [4.78, 5) is 19.8. The van der Waals surface area contributed by atoms with Gasteiger partial charge in [0.15, 0.2) is 0 Å². The summed E-state index contributed by atoms with van der Waals surface area (Å²) in [5.41, 5.74) is 3.06. The molecule has 174 valence electrons. The predicted octanol–water partition coefficient (Wildman–Crippen LogP) is 4.94. The molecule has 5 rings (SSSR count). The first-order valence-corrected chi connectivity index (χ1v) is 12.7. The number of hydrogen-bond acceptors (Lipinski definition) is 5. The SMILES string of the molecule is CN1C(=O)C(C)(C)C(C)(C)c2cc(CCN3CCN(c4nsc5ccccc45)CC3)ccc21. The first-order valence-electron chi connectivity index (χ1n) is 11.9. The smallest absolute Gasteiger partial charge is 0.233 e. The van der Waals surface area contributed by atoms with E-state index in [0.29, 0.717) is 0 Å². The number of benzene rings is 2. The van der Waals surface area contributed by atoms with Crippen LogP contribution in [-0.4, -0.2) is 55.0 Å². The van der Waals surface area contributed by atoms with Crippen LogP contribution < -0.4 is 9.80 Å². The second-order valence-corrected chi connectivity index (χ2v) is 11.4. The Balaban J connectivity index is 1.25. The maximum Gasteiger partial charge on any atom is 0.233 e. The number of anilines is 2. The van der Waals surface area contributed by atoms with Gasteiger partial charge in [0.05, 0.1) is 10.1 Å². The van der Waals surface area contributed by atoms with Gasteiger partial charge in [0.25, 0.3) is 0 Å². The number of rotatable bonds is 4. The van der Waals surface area contributed by atoms with Crippen LogP contribution in [0.3, 0.4) is 0 Å². The summed E-state index contributed by atoms with van der Waals surface area (Å²) >= 11 is 1.60. The van der Waals surface area contributed by atoms with E-state index in [0.717, 1.165) is 50.6 Å². The summed E-state index contributed by atoms with van der Waals surface area (Å²) in [5, 5.41) is 1.28. The van der Waals surface area contributed by atoms with Crippen LogP contribution >= 0.6 is 11.5 Å². The zero-order chi connectivity index (χ0) is 23.4. The molecular weight excluding hydrogens is 428 g/mol. The fraction of sp³-hybridized carbons (Fsp3) is 0.481. The van der Waals surface area contributed by atoms with Crippen LogP contribution in [0.25, 0.3) is 10.1 Å². The number of piperazine rings is 1. The highest BCUT2D eigenvalue weighted by molar-refractivity contribution is 7.13. The molecular formula is C27H34N4OS. The molecule has 5 nitrogen and oxygen atoms in total. The standard InChI is InChI=1S/C27H34N4OS/c1-26(2)21-18-19(10-11-22(21)29(5)25(32)27(26,3)4)12-13-30-14-16-31(17-15-30)24-20-8-6-7-9-23(20)33-28-24/h6-11,18H,12-17H2,1-5H3. The zero-order valence-electron chi connectivity index (χ0n) is 20.4. The molecule has 0 radical (unpaired) electrons. The highest BCUT2D eigenvalue weighted by atomic mass is 32.1. The van der Waals surface area contributed by atoms with Crippen molar-refractivity contribution < 1.29 is 4.79 Å². The van der Waals surface area contributed by atoms with E-state index in [1.165, 1.54) is 21.2 Å². The number of carbonyl (C=O) groups is 1. The molecule has 3 heterocycles. The Morgan fingerprint density at radius 1 is 0.970 bits per heavy atom. The van der Waals surface area contributed by atoms with Crippen molar-refractivity contribution in [1.29, 1.82) is 0 Å². The first kappa shape index (κ1) is 22.4. The molecule has 2 aromatic carbocycles. The Hall–Kier alpha value is -2.44. The third-order valence-corrected chi connectivity index (χ3v) is 9.06. The maximum atomic E-state index is 12.9. The summed E-state index contributed by atoms with van der Waals surface area (Å²) in [5.74, 6) is 1.34. The van der Waals surface area contributed by atoms with Crippen molar-refractivity contribution in [3.05, 3.63) is 53.6 Å². The van der Waals surface area contributed by atoms with E-state index >= 15 is 0 Å². The molecule has 0 unspecified atom stereocenters. The van der Waals surface area contributed by atoms with Crippen LogP contribution in [0.5, 0.6) is 0 Å². The van der Waals surface area contributed by atoms with Crippen LogP contribution in [0.15, 0.2) is 42.5 Å². The molecule has 0 N–H and O–H groups in total. The van der Waals surface area contributed by atoms with Gasteiger partial charge >= 0.3 is 0 Å². The average Bonchev–Trinajstić information content (AvgIpc) is 3.25. The molecule has 0 atom stereocenters. The zero-order valence-corrected chi connectivity index (χ0v) is 21.2. The number of fused-ring (bicyclic) bond motifs is 2. The molecule has 0 saturated carbocycles. The predicted molar refractivity (Wildman–Crippen MR) is 139 cm³/mol. The van der Waals surface area contributed by atoms with Crippen LogP contribution in [0, 0.1) is 5.41 Å². The Bertz CT molecular complexity index is 1190. The molecule has 6 heteroatoms. The molecule has 33 heavy (non-hydrogen) atoms. The molecule has 0 bridgehead atoms. The fourth-order valence-electron chi connectivity index (χ4n) is 5.24. The lowest BCUT2D eigenvalue weighted by molar-refractivity contribution is -0.130. The molecule has 1 amide bonds. The van der Waals surface area contributed by atoms with E-state index in [1.54, 1.807) is 11.5 Å². The van der Waals surface area contributed by atoms with E-state index in [2.05, 4.69) is 80.0 Å². The topological polar surface area (TPSA) is 39.7 Å². The number of carbonyl (C=O) groups excluding carboxylic acids is 1.